The lowest BCUT2D eigenvalue weighted by Crippen LogP contribution is -2.17. The number of aromatic nitrogens is 2. The second-order valence-electron chi connectivity index (χ2n) is 3.74. The number of rotatable bonds is 2. The smallest absolute Gasteiger partial charge is 0.204 e. The molecule has 0 fully saturated rings. The van der Waals surface area contributed by atoms with Crippen LogP contribution in [0.4, 0.5) is 0 Å². The Bertz CT molecular complexity index is 652. The zero-order valence-electron chi connectivity index (χ0n) is 9.45. The highest BCUT2D eigenvalue weighted by Crippen LogP contribution is 2.24. The van der Waals surface area contributed by atoms with E-state index in [4.69, 9.17) is 34.8 Å². The summed E-state index contributed by atoms with van der Waals surface area (Å²) in [6.45, 7) is 1.78. The van der Waals surface area contributed by atoms with Gasteiger partial charge in [0, 0.05) is 16.8 Å². The fraction of sp³-hybridized carbons (Fsp3) is 0.167. The molecule has 1 aromatic heterocycles. The first-order chi connectivity index (χ1) is 8.52. The van der Waals surface area contributed by atoms with Crippen LogP contribution in [0.5, 0.6) is 0 Å². The summed E-state index contributed by atoms with van der Waals surface area (Å²) >= 11 is 17.6. The zero-order chi connectivity index (χ0) is 13.3. The highest BCUT2D eigenvalue weighted by molar-refractivity contribution is 6.35. The van der Waals surface area contributed by atoms with Gasteiger partial charge in [-0.3, -0.25) is 4.79 Å². The van der Waals surface area contributed by atoms with E-state index < -0.39 is 0 Å². The molecular weight excluding hydrogens is 295 g/mol. The average Bonchev–Trinajstić information content (AvgIpc) is 2.30. The Morgan fingerprint density at radius 1 is 1.28 bits per heavy atom. The minimum atomic E-state index is -0.177. The summed E-state index contributed by atoms with van der Waals surface area (Å²) in [6, 6.07) is 6.56. The normalized spacial score (nSPS) is 10.7. The minimum Gasteiger partial charge on any atom is -0.288 e. The maximum absolute atomic E-state index is 11.6. The van der Waals surface area contributed by atoms with E-state index in [0.29, 0.717) is 21.4 Å². The van der Waals surface area contributed by atoms with Crippen LogP contribution >= 0.6 is 34.8 Å². The number of halogens is 3. The number of benzene rings is 1. The molecule has 0 saturated heterocycles. The van der Waals surface area contributed by atoms with Crippen LogP contribution in [-0.4, -0.2) is 9.78 Å². The molecule has 0 atom stereocenters. The van der Waals surface area contributed by atoms with Crippen molar-refractivity contribution in [2.45, 2.75) is 12.8 Å². The molecule has 94 valence electrons. The molecule has 0 aliphatic rings. The summed E-state index contributed by atoms with van der Waals surface area (Å²) in [5.74, 6) is 0.0598. The van der Waals surface area contributed by atoms with Crippen molar-refractivity contribution in [3.8, 4) is 5.69 Å². The van der Waals surface area contributed by atoms with Crippen LogP contribution in [0.25, 0.3) is 5.69 Å². The van der Waals surface area contributed by atoms with Gasteiger partial charge in [0.25, 0.3) is 0 Å². The molecule has 0 aliphatic carbocycles. The lowest BCUT2D eigenvalue weighted by Gasteiger charge is -2.12. The van der Waals surface area contributed by atoms with Crippen molar-refractivity contribution in [3.05, 3.63) is 55.9 Å². The Hall–Kier alpha value is -1.03. The number of nitrogens with zero attached hydrogens (tertiary/aromatic N) is 2. The molecule has 2 aromatic rings. The van der Waals surface area contributed by atoms with Crippen LogP contribution in [0, 0.1) is 6.92 Å². The molecule has 0 N–H and O–H groups in total. The highest BCUT2D eigenvalue weighted by atomic mass is 35.5. The SMILES string of the molecule is Cc1cc(=O)c(CCl)nn1-c1ccc(Cl)cc1Cl. The molecule has 0 saturated carbocycles. The lowest BCUT2D eigenvalue weighted by atomic mass is 10.3. The quantitative estimate of drug-likeness (QED) is 0.795. The fourth-order valence-electron chi connectivity index (χ4n) is 1.57. The van der Waals surface area contributed by atoms with Crippen LogP contribution < -0.4 is 5.43 Å². The first kappa shape index (κ1) is 13.4. The van der Waals surface area contributed by atoms with Gasteiger partial charge in [0.15, 0.2) is 0 Å². The molecule has 2 rings (SSSR count). The van der Waals surface area contributed by atoms with Gasteiger partial charge < -0.3 is 0 Å². The zero-order valence-corrected chi connectivity index (χ0v) is 11.7. The maximum atomic E-state index is 11.6. The molecule has 3 nitrogen and oxygen atoms in total. The summed E-state index contributed by atoms with van der Waals surface area (Å²) in [6.07, 6.45) is 0. The monoisotopic (exact) mass is 302 g/mol. The van der Waals surface area contributed by atoms with Gasteiger partial charge in [-0.25, -0.2) is 4.68 Å². The Morgan fingerprint density at radius 2 is 2.00 bits per heavy atom. The molecular formula is C12H9Cl3N2O. The summed E-state index contributed by atoms with van der Waals surface area (Å²) in [7, 11) is 0. The summed E-state index contributed by atoms with van der Waals surface area (Å²) in [5.41, 5.74) is 1.44. The van der Waals surface area contributed by atoms with E-state index in [-0.39, 0.29) is 17.0 Å². The molecule has 0 bridgehead atoms. The van der Waals surface area contributed by atoms with E-state index in [2.05, 4.69) is 5.10 Å². The molecule has 0 radical (unpaired) electrons. The predicted molar refractivity (Wildman–Crippen MR) is 74.1 cm³/mol. The van der Waals surface area contributed by atoms with Crippen molar-refractivity contribution in [1.82, 2.24) is 9.78 Å². The third-order valence-electron chi connectivity index (χ3n) is 2.44. The molecule has 0 amide bonds. The van der Waals surface area contributed by atoms with Crippen LogP contribution in [0.2, 0.25) is 10.0 Å². The predicted octanol–water partition coefficient (Wildman–Crippen LogP) is 3.59. The van der Waals surface area contributed by atoms with Gasteiger partial charge in [0.1, 0.15) is 5.69 Å². The minimum absolute atomic E-state index is 0.0598. The van der Waals surface area contributed by atoms with Crippen molar-refractivity contribution in [1.29, 1.82) is 0 Å². The van der Waals surface area contributed by atoms with Gasteiger partial charge in [0.2, 0.25) is 5.43 Å². The van der Waals surface area contributed by atoms with Gasteiger partial charge in [0.05, 0.1) is 16.6 Å². The van der Waals surface area contributed by atoms with Gasteiger partial charge in [-0.2, -0.15) is 5.10 Å². The van der Waals surface area contributed by atoms with E-state index in [1.165, 1.54) is 6.07 Å². The molecule has 0 unspecified atom stereocenters. The van der Waals surface area contributed by atoms with Crippen molar-refractivity contribution >= 4 is 34.8 Å². The van der Waals surface area contributed by atoms with Crippen LogP contribution in [-0.2, 0) is 5.88 Å². The molecule has 1 heterocycles. The largest absolute Gasteiger partial charge is 0.288 e. The summed E-state index contributed by atoms with van der Waals surface area (Å²) in [4.78, 5) is 11.6. The van der Waals surface area contributed by atoms with Gasteiger partial charge >= 0.3 is 0 Å². The highest BCUT2D eigenvalue weighted by Gasteiger charge is 2.09. The number of hydrogen-bond acceptors (Lipinski definition) is 2. The van der Waals surface area contributed by atoms with Crippen molar-refractivity contribution in [2.75, 3.05) is 0 Å². The van der Waals surface area contributed by atoms with Crippen molar-refractivity contribution in [3.63, 3.8) is 0 Å². The molecule has 18 heavy (non-hydrogen) atoms. The molecule has 0 aliphatic heterocycles. The first-order valence-electron chi connectivity index (χ1n) is 5.14. The van der Waals surface area contributed by atoms with Crippen molar-refractivity contribution < 1.29 is 0 Å². The second-order valence-corrected chi connectivity index (χ2v) is 4.85. The van der Waals surface area contributed by atoms with Gasteiger partial charge in [-0.05, 0) is 25.1 Å². The Morgan fingerprint density at radius 3 is 2.61 bits per heavy atom. The van der Waals surface area contributed by atoms with E-state index in [1.54, 1.807) is 29.8 Å². The Balaban J connectivity index is 2.67. The third-order valence-corrected chi connectivity index (χ3v) is 3.23. The van der Waals surface area contributed by atoms with Crippen molar-refractivity contribution in [2.24, 2.45) is 0 Å². The standard InChI is InChI=1S/C12H9Cl3N2O/c1-7-4-12(18)10(6-13)16-17(7)11-3-2-8(14)5-9(11)15/h2-5H,6H2,1H3. The second kappa shape index (κ2) is 5.31. The molecule has 6 heteroatoms. The third kappa shape index (κ3) is 2.53. The van der Waals surface area contributed by atoms with E-state index in [0.717, 1.165) is 0 Å². The topological polar surface area (TPSA) is 34.9 Å². The van der Waals surface area contributed by atoms with E-state index in [1.807, 2.05) is 0 Å². The molecule has 0 spiro atoms. The first-order valence-corrected chi connectivity index (χ1v) is 6.43. The van der Waals surface area contributed by atoms with E-state index >= 15 is 0 Å². The Kier molecular flexibility index (Phi) is 3.95. The number of hydrogen-bond donors (Lipinski definition) is 0. The van der Waals surface area contributed by atoms with Crippen LogP contribution in [0.3, 0.4) is 0 Å². The summed E-state index contributed by atoms with van der Waals surface area (Å²) in [5, 5.41) is 5.20. The fourth-order valence-corrected chi connectivity index (χ4v) is 2.25. The van der Waals surface area contributed by atoms with Gasteiger partial charge in [-0.1, -0.05) is 23.2 Å². The van der Waals surface area contributed by atoms with Crippen LogP contribution in [0.15, 0.2) is 29.1 Å². The summed E-state index contributed by atoms with van der Waals surface area (Å²) < 4.78 is 1.58. The Labute approximate surface area is 119 Å². The van der Waals surface area contributed by atoms with Crippen LogP contribution in [0.1, 0.15) is 11.4 Å². The van der Waals surface area contributed by atoms with E-state index in [9.17, 15) is 4.79 Å². The number of alkyl halides is 1. The average molecular weight is 304 g/mol. The lowest BCUT2D eigenvalue weighted by molar-refractivity contribution is 0.773. The molecule has 1 aromatic carbocycles. The maximum Gasteiger partial charge on any atom is 0.204 e. The number of aryl methyl sites for hydroxylation is 1. The van der Waals surface area contributed by atoms with Gasteiger partial charge in [-0.15, -0.1) is 11.6 Å².